The van der Waals surface area contributed by atoms with Gasteiger partial charge >= 0.3 is 0 Å². The summed E-state index contributed by atoms with van der Waals surface area (Å²) in [6.45, 7) is 6.83. The van der Waals surface area contributed by atoms with Gasteiger partial charge in [0.2, 0.25) is 0 Å². The van der Waals surface area contributed by atoms with Crippen molar-refractivity contribution in [3.8, 4) is 0 Å². The molecule has 2 nitrogen and oxygen atoms in total. The first kappa shape index (κ1) is 14.4. The molecule has 22 heavy (non-hydrogen) atoms. The highest BCUT2D eigenvalue weighted by atomic mass is 16.3. The van der Waals surface area contributed by atoms with Crippen LogP contribution < -0.4 is 0 Å². The average molecular weight is 298 g/mol. The summed E-state index contributed by atoms with van der Waals surface area (Å²) in [5, 5.41) is 10.5. The van der Waals surface area contributed by atoms with E-state index in [1.54, 1.807) is 6.08 Å². The normalized spacial score (nSPS) is 49.9. The van der Waals surface area contributed by atoms with Crippen molar-refractivity contribution >= 4 is 5.78 Å². The molecule has 4 rings (SSSR count). The van der Waals surface area contributed by atoms with Gasteiger partial charge in [0.1, 0.15) is 0 Å². The maximum absolute atomic E-state index is 11.8. The first-order chi connectivity index (χ1) is 10.4. The maximum atomic E-state index is 11.8. The van der Waals surface area contributed by atoms with Crippen LogP contribution in [-0.2, 0) is 4.79 Å². The Hall–Kier alpha value is -1.15. The fraction of sp³-hybridized carbons (Fsp3) is 0.650. The Morgan fingerprint density at radius 2 is 2.00 bits per heavy atom. The second-order valence-electron chi connectivity index (χ2n) is 8.35. The SMILES string of the molecule is CC1CC2C(=CCC3(C)C(O)CCC23)C2(C)C=CC(=O)C=C12. The number of hydrogen-bond donors (Lipinski definition) is 1. The van der Waals surface area contributed by atoms with Crippen LogP contribution in [0.25, 0.3) is 0 Å². The Balaban J connectivity index is 1.82. The second kappa shape index (κ2) is 4.44. The van der Waals surface area contributed by atoms with E-state index in [0.717, 1.165) is 25.7 Å². The van der Waals surface area contributed by atoms with Gasteiger partial charge in [0, 0.05) is 10.8 Å². The van der Waals surface area contributed by atoms with Gasteiger partial charge in [0.05, 0.1) is 6.10 Å². The summed E-state index contributed by atoms with van der Waals surface area (Å²) in [4.78, 5) is 11.8. The minimum absolute atomic E-state index is 0.0552. The van der Waals surface area contributed by atoms with E-state index < -0.39 is 0 Å². The zero-order chi connectivity index (χ0) is 15.7. The second-order valence-corrected chi connectivity index (χ2v) is 8.35. The zero-order valence-electron chi connectivity index (χ0n) is 13.8. The molecule has 2 heteroatoms. The van der Waals surface area contributed by atoms with Gasteiger partial charge in [-0.2, -0.15) is 0 Å². The van der Waals surface area contributed by atoms with E-state index in [-0.39, 0.29) is 22.7 Å². The molecule has 4 aliphatic carbocycles. The van der Waals surface area contributed by atoms with Crippen LogP contribution in [0.15, 0.2) is 35.5 Å². The average Bonchev–Trinajstić information content (AvgIpc) is 2.77. The summed E-state index contributed by atoms with van der Waals surface area (Å²) < 4.78 is 0. The molecule has 0 spiro atoms. The summed E-state index contributed by atoms with van der Waals surface area (Å²) in [7, 11) is 0. The highest BCUT2D eigenvalue weighted by Gasteiger charge is 2.56. The molecule has 0 bridgehead atoms. The molecule has 0 aromatic rings. The number of aliphatic hydroxyl groups excluding tert-OH is 1. The van der Waals surface area contributed by atoms with Crippen LogP contribution in [0, 0.1) is 28.6 Å². The third-order valence-electron chi connectivity index (χ3n) is 7.22. The van der Waals surface area contributed by atoms with Crippen molar-refractivity contribution in [3.63, 3.8) is 0 Å². The van der Waals surface area contributed by atoms with Crippen molar-refractivity contribution in [1.29, 1.82) is 0 Å². The van der Waals surface area contributed by atoms with Gasteiger partial charge in [0.25, 0.3) is 0 Å². The lowest BCUT2D eigenvalue weighted by Gasteiger charge is -2.53. The van der Waals surface area contributed by atoms with Gasteiger partial charge in [-0.1, -0.05) is 31.6 Å². The zero-order valence-corrected chi connectivity index (χ0v) is 13.8. The highest BCUT2D eigenvalue weighted by Crippen LogP contribution is 2.63. The monoisotopic (exact) mass is 298 g/mol. The number of hydrogen-bond acceptors (Lipinski definition) is 2. The summed E-state index contributed by atoms with van der Waals surface area (Å²) in [5.74, 6) is 1.73. The number of carbonyl (C=O) groups excluding carboxylic acids is 1. The van der Waals surface area contributed by atoms with E-state index in [2.05, 4.69) is 32.9 Å². The molecule has 118 valence electrons. The molecule has 0 amide bonds. The van der Waals surface area contributed by atoms with Gasteiger partial charge in [-0.15, -0.1) is 0 Å². The van der Waals surface area contributed by atoms with Crippen molar-refractivity contribution in [2.24, 2.45) is 28.6 Å². The van der Waals surface area contributed by atoms with Crippen LogP contribution in [0.5, 0.6) is 0 Å². The Morgan fingerprint density at radius 1 is 1.23 bits per heavy atom. The van der Waals surface area contributed by atoms with E-state index in [1.165, 1.54) is 11.1 Å². The number of aliphatic hydroxyl groups is 1. The number of rotatable bonds is 0. The Bertz CT molecular complexity index is 626. The molecule has 2 fully saturated rings. The highest BCUT2D eigenvalue weighted by molar-refractivity contribution is 6.01. The van der Waals surface area contributed by atoms with Crippen LogP contribution in [0.1, 0.15) is 46.5 Å². The summed E-state index contributed by atoms with van der Waals surface area (Å²) in [6.07, 6.45) is 12.2. The third-order valence-corrected chi connectivity index (χ3v) is 7.22. The molecule has 1 N–H and O–H groups in total. The minimum atomic E-state index is -0.154. The van der Waals surface area contributed by atoms with Crippen molar-refractivity contribution < 1.29 is 9.90 Å². The fourth-order valence-electron chi connectivity index (χ4n) is 5.90. The molecule has 6 unspecified atom stereocenters. The Labute approximate surface area is 133 Å². The van der Waals surface area contributed by atoms with Crippen LogP contribution in [0.3, 0.4) is 0 Å². The minimum Gasteiger partial charge on any atom is -0.393 e. The van der Waals surface area contributed by atoms with E-state index in [9.17, 15) is 9.90 Å². The third kappa shape index (κ3) is 1.68. The Kier molecular flexibility index (Phi) is 2.92. The summed E-state index contributed by atoms with van der Waals surface area (Å²) in [6, 6.07) is 0. The van der Waals surface area contributed by atoms with Crippen molar-refractivity contribution in [1.82, 2.24) is 0 Å². The Morgan fingerprint density at radius 3 is 2.77 bits per heavy atom. The number of ketones is 1. The smallest absolute Gasteiger partial charge is 0.178 e. The van der Waals surface area contributed by atoms with Gasteiger partial charge < -0.3 is 5.11 Å². The predicted molar refractivity (Wildman–Crippen MR) is 87.1 cm³/mol. The molecular formula is C20H26O2. The molecule has 0 aliphatic heterocycles. The number of carbonyl (C=O) groups is 1. The molecule has 0 aromatic carbocycles. The topological polar surface area (TPSA) is 37.3 Å². The summed E-state index contributed by atoms with van der Waals surface area (Å²) >= 11 is 0. The van der Waals surface area contributed by atoms with Crippen LogP contribution in [-0.4, -0.2) is 17.0 Å². The number of allylic oxidation sites excluding steroid dienone is 6. The molecule has 6 atom stereocenters. The number of fused-ring (bicyclic) bond motifs is 5. The van der Waals surface area contributed by atoms with E-state index in [4.69, 9.17) is 0 Å². The quantitative estimate of drug-likeness (QED) is 0.690. The summed E-state index contributed by atoms with van der Waals surface area (Å²) in [5.41, 5.74) is 2.78. The molecule has 0 aromatic heterocycles. The van der Waals surface area contributed by atoms with Gasteiger partial charge in [0.15, 0.2) is 5.78 Å². The maximum Gasteiger partial charge on any atom is 0.178 e. The van der Waals surface area contributed by atoms with Gasteiger partial charge in [-0.3, -0.25) is 4.79 Å². The van der Waals surface area contributed by atoms with Crippen LogP contribution >= 0.6 is 0 Å². The molecule has 0 heterocycles. The van der Waals surface area contributed by atoms with E-state index >= 15 is 0 Å². The predicted octanol–water partition coefficient (Wildman–Crippen LogP) is 3.82. The molecule has 4 aliphatic rings. The van der Waals surface area contributed by atoms with Crippen LogP contribution in [0.4, 0.5) is 0 Å². The van der Waals surface area contributed by atoms with E-state index in [1.807, 2.05) is 6.08 Å². The van der Waals surface area contributed by atoms with Gasteiger partial charge in [-0.05, 0) is 68.1 Å². The first-order valence-corrected chi connectivity index (χ1v) is 8.70. The largest absolute Gasteiger partial charge is 0.393 e. The van der Waals surface area contributed by atoms with Crippen LogP contribution in [0.2, 0.25) is 0 Å². The van der Waals surface area contributed by atoms with Gasteiger partial charge in [-0.25, -0.2) is 0 Å². The van der Waals surface area contributed by atoms with Crippen molar-refractivity contribution in [2.75, 3.05) is 0 Å². The lowest BCUT2D eigenvalue weighted by Crippen LogP contribution is -2.46. The molecule has 0 radical (unpaired) electrons. The van der Waals surface area contributed by atoms with Crippen molar-refractivity contribution in [3.05, 3.63) is 35.5 Å². The molecular weight excluding hydrogens is 272 g/mol. The lowest BCUT2D eigenvalue weighted by atomic mass is 9.51. The molecule has 2 saturated carbocycles. The standard InChI is InChI=1S/C20H26O2/c1-12-10-14-15-4-5-18(22)20(15,3)9-7-16(14)19(2)8-6-13(21)11-17(12)19/h6-8,11-12,14-15,18,22H,4-5,9-10H2,1-3H3. The molecule has 0 saturated heterocycles. The van der Waals surface area contributed by atoms with Crippen molar-refractivity contribution in [2.45, 2.75) is 52.6 Å². The lowest BCUT2D eigenvalue weighted by molar-refractivity contribution is -0.110. The fourth-order valence-corrected chi connectivity index (χ4v) is 5.90. The first-order valence-electron chi connectivity index (χ1n) is 8.70. The van der Waals surface area contributed by atoms with E-state index in [0.29, 0.717) is 17.8 Å².